The number of methoxy groups -OCH3 is 1. The van der Waals surface area contributed by atoms with Gasteiger partial charge >= 0.3 is 0 Å². The third-order valence-electron chi connectivity index (χ3n) is 4.86. The summed E-state index contributed by atoms with van der Waals surface area (Å²) >= 11 is 13.6. The van der Waals surface area contributed by atoms with Gasteiger partial charge in [-0.05, 0) is 36.4 Å². The first-order valence-corrected chi connectivity index (χ1v) is 11.2. The molecule has 0 bridgehead atoms. The predicted molar refractivity (Wildman–Crippen MR) is 127 cm³/mol. The number of nitrogens with one attached hydrogen (secondary N) is 1. The van der Waals surface area contributed by atoms with Crippen LogP contribution < -0.4 is 15.0 Å². The summed E-state index contributed by atoms with van der Waals surface area (Å²) in [6.45, 7) is 0. The number of halogens is 2. The van der Waals surface area contributed by atoms with Crippen molar-refractivity contribution in [3.8, 4) is 5.75 Å². The van der Waals surface area contributed by atoms with E-state index in [9.17, 15) is 9.59 Å². The topological polar surface area (TPSA) is 58.6 Å². The lowest BCUT2D eigenvalue weighted by molar-refractivity contribution is -0.115. The normalized spacial score (nSPS) is 15.8. The summed E-state index contributed by atoms with van der Waals surface area (Å²) in [5.74, 6) is 0.556. The lowest BCUT2D eigenvalue weighted by Gasteiger charge is -2.27. The van der Waals surface area contributed by atoms with E-state index in [2.05, 4.69) is 5.32 Å². The summed E-state index contributed by atoms with van der Waals surface area (Å²) < 4.78 is 5.47. The first-order chi connectivity index (χ1) is 15.0. The third kappa shape index (κ3) is 4.37. The van der Waals surface area contributed by atoms with Crippen molar-refractivity contribution in [1.29, 1.82) is 0 Å². The van der Waals surface area contributed by atoms with E-state index in [0.717, 1.165) is 5.56 Å². The first kappa shape index (κ1) is 21.6. The summed E-state index contributed by atoms with van der Waals surface area (Å²) in [7, 11) is 1.57. The van der Waals surface area contributed by atoms with E-state index < -0.39 is 0 Å². The number of hydrogen-bond donors (Lipinski definition) is 1. The first-order valence-electron chi connectivity index (χ1n) is 9.41. The number of benzene rings is 3. The molecule has 3 aromatic carbocycles. The Morgan fingerprint density at radius 3 is 2.61 bits per heavy atom. The molecular formula is C23H18Cl2N2O3S. The number of rotatable bonds is 5. The summed E-state index contributed by atoms with van der Waals surface area (Å²) in [5.41, 5.74) is 2.41. The number of ether oxygens (including phenoxy) is 1. The largest absolute Gasteiger partial charge is 0.495 e. The van der Waals surface area contributed by atoms with Crippen LogP contribution in [-0.4, -0.2) is 24.7 Å². The highest BCUT2D eigenvalue weighted by atomic mass is 35.5. The van der Waals surface area contributed by atoms with Gasteiger partial charge in [0.05, 0.1) is 29.1 Å². The van der Waals surface area contributed by atoms with Crippen molar-refractivity contribution in [1.82, 2.24) is 0 Å². The number of carbonyl (C=O) groups is 2. The quantitative estimate of drug-likeness (QED) is 0.492. The van der Waals surface area contributed by atoms with E-state index in [0.29, 0.717) is 33.5 Å². The number of hydrogen-bond acceptors (Lipinski definition) is 4. The van der Waals surface area contributed by atoms with Crippen molar-refractivity contribution in [3.05, 3.63) is 87.9 Å². The van der Waals surface area contributed by atoms with Crippen LogP contribution in [0.15, 0.2) is 66.7 Å². The Hall–Kier alpha value is -2.67. The molecule has 1 N–H and O–H groups in total. The van der Waals surface area contributed by atoms with E-state index in [-0.39, 0.29) is 22.2 Å². The summed E-state index contributed by atoms with van der Waals surface area (Å²) in [6, 6.07) is 19.5. The van der Waals surface area contributed by atoms with Crippen molar-refractivity contribution < 1.29 is 14.3 Å². The fourth-order valence-corrected chi connectivity index (χ4v) is 5.13. The molecule has 4 rings (SSSR count). The van der Waals surface area contributed by atoms with Gasteiger partial charge in [0.15, 0.2) is 0 Å². The van der Waals surface area contributed by atoms with Gasteiger partial charge in [-0.2, -0.15) is 0 Å². The maximum absolute atomic E-state index is 12.9. The SMILES string of the molecule is COc1ccccc1N1C(=O)CS[C@H]1c1ccccc1NC(=O)c1ccc(Cl)cc1Cl. The second kappa shape index (κ2) is 9.22. The molecule has 0 unspecified atom stereocenters. The monoisotopic (exact) mass is 472 g/mol. The van der Waals surface area contributed by atoms with Gasteiger partial charge < -0.3 is 10.1 Å². The lowest BCUT2D eigenvalue weighted by Crippen LogP contribution is -2.29. The van der Waals surface area contributed by atoms with Gasteiger partial charge in [-0.25, -0.2) is 0 Å². The van der Waals surface area contributed by atoms with Crippen molar-refractivity contribution in [3.63, 3.8) is 0 Å². The van der Waals surface area contributed by atoms with Crippen molar-refractivity contribution >= 4 is 58.2 Å². The Morgan fingerprint density at radius 2 is 1.84 bits per heavy atom. The molecule has 5 nitrogen and oxygen atoms in total. The standard InChI is InChI=1S/C23H18Cl2N2O3S/c1-30-20-9-5-4-8-19(20)27-21(28)13-31-23(27)16-6-2-3-7-18(16)26-22(29)15-11-10-14(24)12-17(15)25/h2-12,23H,13H2,1H3,(H,26,29)/t23-/m0/s1. The Balaban J connectivity index is 1.69. The molecule has 0 saturated carbocycles. The van der Waals surface area contributed by atoms with Crippen molar-refractivity contribution in [2.24, 2.45) is 0 Å². The number of nitrogens with zero attached hydrogens (tertiary/aromatic N) is 1. The Labute approximate surface area is 194 Å². The highest BCUT2D eigenvalue weighted by molar-refractivity contribution is 8.00. The van der Waals surface area contributed by atoms with Crippen LogP contribution in [0, 0.1) is 0 Å². The zero-order valence-corrected chi connectivity index (χ0v) is 18.8. The number of carbonyl (C=O) groups excluding carboxylic acids is 2. The van der Waals surface area contributed by atoms with Crippen LogP contribution >= 0.6 is 35.0 Å². The molecule has 1 atom stereocenters. The highest BCUT2D eigenvalue weighted by Crippen LogP contribution is 2.46. The molecule has 31 heavy (non-hydrogen) atoms. The number of thioether (sulfide) groups is 1. The summed E-state index contributed by atoms with van der Waals surface area (Å²) in [6.07, 6.45) is 0. The molecule has 8 heteroatoms. The van der Waals surface area contributed by atoms with E-state index >= 15 is 0 Å². The van der Waals surface area contributed by atoms with Crippen LogP contribution in [0.25, 0.3) is 0 Å². The van der Waals surface area contributed by atoms with Gasteiger partial charge in [0, 0.05) is 16.3 Å². The second-order valence-corrected chi connectivity index (χ2v) is 8.68. The van der Waals surface area contributed by atoms with Crippen LogP contribution in [-0.2, 0) is 4.79 Å². The number of para-hydroxylation sites is 3. The Morgan fingerprint density at radius 1 is 1.10 bits per heavy atom. The van der Waals surface area contributed by atoms with E-state index in [4.69, 9.17) is 27.9 Å². The average Bonchev–Trinajstić information content (AvgIpc) is 3.15. The number of amides is 2. The molecule has 1 aliphatic heterocycles. The molecule has 1 aliphatic rings. The van der Waals surface area contributed by atoms with E-state index in [1.807, 2.05) is 42.5 Å². The van der Waals surface area contributed by atoms with Crippen molar-refractivity contribution in [2.75, 3.05) is 23.1 Å². The van der Waals surface area contributed by atoms with Gasteiger partial charge in [-0.3, -0.25) is 14.5 Å². The molecule has 2 amide bonds. The maximum Gasteiger partial charge on any atom is 0.257 e. The van der Waals surface area contributed by atoms with E-state index in [1.165, 1.54) is 17.8 Å². The third-order valence-corrected chi connectivity index (χ3v) is 6.61. The fraction of sp³-hybridized carbons (Fsp3) is 0.130. The average molecular weight is 473 g/mol. The molecule has 0 radical (unpaired) electrons. The molecule has 1 fully saturated rings. The predicted octanol–water partition coefficient (Wildman–Crippen LogP) is 6.03. The minimum atomic E-state index is -0.354. The van der Waals surface area contributed by atoms with E-state index in [1.54, 1.807) is 30.2 Å². The summed E-state index contributed by atoms with van der Waals surface area (Å²) in [5, 5.41) is 3.33. The van der Waals surface area contributed by atoms with Crippen LogP contribution in [0.5, 0.6) is 5.75 Å². The second-order valence-electron chi connectivity index (χ2n) is 6.76. The lowest BCUT2D eigenvalue weighted by atomic mass is 10.1. The van der Waals surface area contributed by atoms with Gasteiger partial charge in [0.1, 0.15) is 11.1 Å². The maximum atomic E-state index is 12.9. The smallest absolute Gasteiger partial charge is 0.257 e. The highest BCUT2D eigenvalue weighted by Gasteiger charge is 2.36. The van der Waals surface area contributed by atoms with Crippen LogP contribution in [0.2, 0.25) is 10.0 Å². The molecule has 0 aromatic heterocycles. The molecule has 0 spiro atoms. The van der Waals surface area contributed by atoms with Crippen LogP contribution in [0.1, 0.15) is 21.3 Å². The molecular weight excluding hydrogens is 455 g/mol. The van der Waals surface area contributed by atoms with Crippen LogP contribution in [0.4, 0.5) is 11.4 Å². The van der Waals surface area contributed by atoms with Gasteiger partial charge in [-0.15, -0.1) is 11.8 Å². The molecule has 158 valence electrons. The van der Waals surface area contributed by atoms with Gasteiger partial charge in [-0.1, -0.05) is 53.5 Å². The Bertz CT molecular complexity index is 1160. The van der Waals surface area contributed by atoms with Crippen LogP contribution in [0.3, 0.4) is 0 Å². The van der Waals surface area contributed by atoms with Gasteiger partial charge in [0.25, 0.3) is 5.91 Å². The fourth-order valence-electron chi connectivity index (χ4n) is 3.43. The Kier molecular flexibility index (Phi) is 6.41. The van der Waals surface area contributed by atoms with Crippen molar-refractivity contribution in [2.45, 2.75) is 5.37 Å². The zero-order valence-electron chi connectivity index (χ0n) is 16.5. The molecule has 3 aromatic rings. The molecule has 1 heterocycles. The molecule has 0 aliphatic carbocycles. The summed E-state index contributed by atoms with van der Waals surface area (Å²) in [4.78, 5) is 27.4. The minimum Gasteiger partial charge on any atom is -0.495 e. The van der Waals surface area contributed by atoms with Gasteiger partial charge in [0.2, 0.25) is 5.91 Å². The zero-order chi connectivity index (χ0) is 22.0. The molecule has 1 saturated heterocycles. The minimum absolute atomic E-state index is 0.0265. The number of anilines is 2.